The van der Waals surface area contributed by atoms with Crippen molar-refractivity contribution in [3.63, 3.8) is 0 Å². The van der Waals surface area contributed by atoms with Gasteiger partial charge < -0.3 is 9.73 Å². The van der Waals surface area contributed by atoms with Gasteiger partial charge in [0.1, 0.15) is 0 Å². The minimum atomic E-state index is -4.65. The van der Waals surface area contributed by atoms with E-state index in [2.05, 4.69) is 36.9 Å². The maximum atomic E-state index is 12.2. The van der Waals surface area contributed by atoms with Crippen LogP contribution in [0.3, 0.4) is 0 Å². The Kier molecular flexibility index (Phi) is 5.67. The molecule has 3 heterocycles. The van der Waals surface area contributed by atoms with Crippen molar-refractivity contribution in [2.45, 2.75) is 37.6 Å². The van der Waals surface area contributed by atoms with Gasteiger partial charge in [0.05, 0.1) is 6.10 Å². The predicted molar refractivity (Wildman–Crippen MR) is 101 cm³/mol. The zero-order valence-corrected chi connectivity index (χ0v) is 16.7. The first-order valence-electron chi connectivity index (χ1n) is 9.24. The lowest BCUT2D eigenvalue weighted by Gasteiger charge is -2.32. The molecule has 0 atom stereocenters. The highest BCUT2D eigenvalue weighted by molar-refractivity contribution is 6.30. The van der Waals surface area contributed by atoms with Gasteiger partial charge in [-0.15, -0.1) is 28.5 Å². The number of rotatable bonds is 7. The normalized spacial score (nSPS) is 18.7. The van der Waals surface area contributed by atoms with Gasteiger partial charge in [0.2, 0.25) is 17.6 Å². The molecule has 1 saturated carbocycles. The standard InChI is InChI=1S/C18H16ClF3N6O3/c1-9(16-25-26-17(30-16)10-6-12(7-10)31-18(20,21)22)2-4-23-15(29)14-24-13-8-11(19)3-5-28(13)27-14/h3,5,8,10,12H,1-2,4,6-7H2,(H,23,29)/t10-,12+. The van der Waals surface area contributed by atoms with Gasteiger partial charge in [-0.25, -0.2) is 9.50 Å². The van der Waals surface area contributed by atoms with Gasteiger partial charge in [-0.3, -0.25) is 9.53 Å². The Morgan fingerprint density at radius 3 is 2.90 bits per heavy atom. The molecule has 0 radical (unpaired) electrons. The van der Waals surface area contributed by atoms with E-state index < -0.39 is 18.4 Å². The fraction of sp³-hybridized carbons (Fsp3) is 0.389. The maximum Gasteiger partial charge on any atom is 0.522 e. The Balaban J connectivity index is 1.25. The van der Waals surface area contributed by atoms with Crippen molar-refractivity contribution in [2.75, 3.05) is 6.54 Å². The molecule has 1 fully saturated rings. The summed E-state index contributed by atoms with van der Waals surface area (Å²) in [6.07, 6.45) is -3.34. The van der Waals surface area contributed by atoms with Crippen molar-refractivity contribution in [2.24, 2.45) is 0 Å². The van der Waals surface area contributed by atoms with E-state index in [4.69, 9.17) is 16.0 Å². The lowest BCUT2D eigenvalue weighted by atomic mass is 9.82. The molecule has 13 heteroatoms. The van der Waals surface area contributed by atoms with Gasteiger partial charge in [-0.1, -0.05) is 18.2 Å². The van der Waals surface area contributed by atoms with Crippen molar-refractivity contribution < 1.29 is 27.1 Å². The second-order valence-corrected chi connectivity index (χ2v) is 7.43. The highest BCUT2D eigenvalue weighted by Crippen LogP contribution is 2.41. The van der Waals surface area contributed by atoms with Gasteiger partial charge in [-0.05, 0) is 25.3 Å². The predicted octanol–water partition coefficient (Wildman–Crippen LogP) is 3.38. The summed E-state index contributed by atoms with van der Waals surface area (Å²) in [6, 6.07) is 3.21. The SMILES string of the molecule is C=C(CCNC(=O)c1nc2cc(Cl)ccn2n1)c1nnc([C@H]2C[C@@H](OC(F)(F)F)C2)o1. The summed E-state index contributed by atoms with van der Waals surface area (Å²) >= 11 is 5.89. The third-order valence-corrected chi connectivity index (χ3v) is 4.94. The smallest absolute Gasteiger partial charge is 0.421 e. The number of halogens is 4. The van der Waals surface area contributed by atoms with Crippen LogP contribution in [0.25, 0.3) is 11.2 Å². The summed E-state index contributed by atoms with van der Waals surface area (Å²) in [4.78, 5) is 16.3. The number of nitrogens with zero attached hydrogens (tertiary/aromatic N) is 5. The molecule has 1 aliphatic carbocycles. The average molecular weight is 457 g/mol. The Morgan fingerprint density at radius 2 is 2.16 bits per heavy atom. The van der Waals surface area contributed by atoms with E-state index >= 15 is 0 Å². The van der Waals surface area contributed by atoms with Crippen molar-refractivity contribution in [1.82, 2.24) is 30.1 Å². The number of hydrogen-bond acceptors (Lipinski definition) is 7. The number of hydrogen-bond donors (Lipinski definition) is 1. The molecule has 0 aliphatic heterocycles. The summed E-state index contributed by atoms with van der Waals surface area (Å²) < 4.78 is 47.5. The molecular weight excluding hydrogens is 441 g/mol. The highest BCUT2D eigenvalue weighted by atomic mass is 35.5. The zero-order chi connectivity index (χ0) is 22.2. The number of pyridine rings is 1. The molecule has 31 heavy (non-hydrogen) atoms. The number of carbonyl (C=O) groups excluding carboxylic acids is 1. The Hall–Kier alpha value is -2.99. The number of ether oxygens (including phenoxy) is 1. The van der Waals surface area contributed by atoms with Crippen molar-refractivity contribution >= 4 is 28.7 Å². The summed E-state index contributed by atoms with van der Waals surface area (Å²) in [6.45, 7) is 4.07. The highest BCUT2D eigenvalue weighted by Gasteiger charge is 2.42. The van der Waals surface area contributed by atoms with Crippen LogP contribution >= 0.6 is 11.6 Å². The topological polar surface area (TPSA) is 107 Å². The van der Waals surface area contributed by atoms with Crippen LogP contribution in [0.4, 0.5) is 13.2 Å². The van der Waals surface area contributed by atoms with Crippen molar-refractivity contribution in [3.05, 3.63) is 47.5 Å². The first-order valence-corrected chi connectivity index (χ1v) is 9.62. The molecule has 3 aromatic heterocycles. The van der Waals surface area contributed by atoms with E-state index in [1.165, 1.54) is 4.52 Å². The van der Waals surface area contributed by atoms with Crippen LogP contribution in [0.15, 0.2) is 29.3 Å². The third kappa shape index (κ3) is 5.02. The number of fused-ring (bicyclic) bond motifs is 1. The van der Waals surface area contributed by atoms with E-state index in [1.807, 2.05) is 0 Å². The number of nitrogens with one attached hydrogen (secondary N) is 1. The number of aromatic nitrogens is 5. The number of carbonyl (C=O) groups is 1. The summed E-state index contributed by atoms with van der Waals surface area (Å²) in [7, 11) is 0. The lowest BCUT2D eigenvalue weighted by Crippen LogP contribution is -2.34. The van der Waals surface area contributed by atoms with Crippen LogP contribution in [0.1, 0.15) is 47.6 Å². The molecule has 3 aromatic rings. The lowest BCUT2D eigenvalue weighted by molar-refractivity contribution is -0.352. The first-order chi connectivity index (χ1) is 14.7. The minimum Gasteiger partial charge on any atom is -0.421 e. The van der Waals surface area contributed by atoms with Crippen LogP contribution in [0, 0.1) is 0 Å². The van der Waals surface area contributed by atoms with E-state index in [1.54, 1.807) is 18.3 Å². The van der Waals surface area contributed by atoms with E-state index in [0.29, 0.717) is 22.7 Å². The van der Waals surface area contributed by atoms with E-state index in [-0.39, 0.29) is 42.9 Å². The molecule has 0 unspecified atom stereocenters. The Morgan fingerprint density at radius 1 is 1.39 bits per heavy atom. The average Bonchev–Trinajstić information content (AvgIpc) is 3.30. The minimum absolute atomic E-state index is 0.00595. The van der Waals surface area contributed by atoms with Gasteiger partial charge in [0, 0.05) is 35.3 Å². The second-order valence-electron chi connectivity index (χ2n) is 6.99. The van der Waals surface area contributed by atoms with Crippen LogP contribution in [0.2, 0.25) is 5.02 Å². The molecule has 1 amide bonds. The quantitative estimate of drug-likeness (QED) is 0.580. The summed E-state index contributed by atoms with van der Waals surface area (Å²) in [5.41, 5.74) is 0.926. The molecule has 1 aliphatic rings. The molecule has 0 spiro atoms. The maximum absolute atomic E-state index is 12.2. The van der Waals surface area contributed by atoms with Gasteiger partial charge in [-0.2, -0.15) is 0 Å². The van der Waals surface area contributed by atoms with Crippen LogP contribution in [-0.4, -0.2) is 49.7 Å². The fourth-order valence-electron chi connectivity index (χ4n) is 3.06. The Bertz CT molecular complexity index is 1120. The molecule has 9 nitrogen and oxygen atoms in total. The number of alkyl halides is 3. The summed E-state index contributed by atoms with van der Waals surface area (Å²) in [5.74, 6) is -0.340. The third-order valence-electron chi connectivity index (χ3n) is 4.70. The molecular formula is C18H16ClF3N6O3. The zero-order valence-electron chi connectivity index (χ0n) is 15.9. The molecule has 1 N–H and O–H groups in total. The molecule has 0 saturated heterocycles. The monoisotopic (exact) mass is 456 g/mol. The first kappa shape index (κ1) is 21.2. The molecule has 0 aromatic carbocycles. The van der Waals surface area contributed by atoms with E-state index in [0.717, 1.165) is 0 Å². The Labute approximate surface area is 178 Å². The molecule has 0 bridgehead atoms. The summed E-state index contributed by atoms with van der Waals surface area (Å²) in [5, 5.41) is 15.0. The van der Waals surface area contributed by atoms with Crippen LogP contribution in [0.5, 0.6) is 0 Å². The van der Waals surface area contributed by atoms with Gasteiger partial charge >= 0.3 is 6.36 Å². The van der Waals surface area contributed by atoms with Gasteiger partial charge in [0.25, 0.3) is 5.91 Å². The largest absolute Gasteiger partial charge is 0.522 e. The molecule has 164 valence electrons. The van der Waals surface area contributed by atoms with E-state index in [9.17, 15) is 18.0 Å². The molecule has 4 rings (SSSR count). The second kappa shape index (κ2) is 8.27. The van der Waals surface area contributed by atoms with Crippen molar-refractivity contribution in [3.8, 4) is 0 Å². The fourth-order valence-corrected chi connectivity index (χ4v) is 3.21. The van der Waals surface area contributed by atoms with Gasteiger partial charge in [0.15, 0.2) is 5.65 Å². The van der Waals surface area contributed by atoms with Crippen LogP contribution < -0.4 is 5.32 Å². The van der Waals surface area contributed by atoms with Crippen molar-refractivity contribution in [1.29, 1.82) is 0 Å². The van der Waals surface area contributed by atoms with Crippen LogP contribution in [-0.2, 0) is 4.74 Å². The number of amides is 1.